The first-order valence-electron chi connectivity index (χ1n) is 12.8. The highest BCUT2D eigenvalue weighted by atomic mass is 14.9. The zero-order valence-corrected chi connectivity index (χ0v) is 19.4. The molecule has 0 saturated heterocycles. The van der Waals surface area contributed by atoms with Crippen molar-refractivity contribution in [3.8, 4) is 0 Å². The molecule has 0 aromatic carbocycles. The summed E-state index contributed by atoms with van der Waals surface area (Å²) in [5.41, 5.74) is 1.52. The van der Waals surface area contributed by atoms with Gasteiger partial charge >= 0.3 is 0 Å². The number of hydrogen-bond donors (Lipinski definition) is 0. The maximum Gasteiger partial charge on any atom is 0.169 e. The molecule has 0 aliphatic rings. The number of rotatable bonds is 20. The number of aryl methyl sites for hydroxylation is 2. The van der Waals surface area contributed by atoms with Crippen molar-refractivity contribution >= 4 is 0 Å². The van der Waals surface area contributed by atoms with Gasteiger partial charge in [-0.15, -0.1) is 0 Å². The third-order valence-electron chi connectivity index (χ3n) is 6.05. The first kappa shape index (κ1) is 25.2. The van der Waals surface area contributed by atoms with E-state index in [2.05, 4.69) is 42.9 Å². The molecular weight excluding hydrogens is 338 g/mol. The van der Waals surface area contributed by atoms with Gasteiger partial charge in [-0.05, 0) is 24.8 Å². The van der Waals surface area contributed by atoms with Crippen molar-refractivity contribution in [1.82, 2.24) is 0 Å². The van der Waals surface area contributed by atoms with Crippen molar-refractivity contribution in [2.24, 2.45) is 0 Å². The van der Waals surface area contributed by atoms with Gasteiger partial charge in [-0.25, -0.2) is 4.57 Å². The number of pyridine rings is 1. The predicted molar refractivity (Wildman–Crippen MR) is 125 cm³/mol. The van der Waals surface area contributed by atoms with Gasteiger partial charge in [0, 0.05) is 18.6 Å². The molecule has 0 atom stereocenters. The summed E-state index contributed by atoms with van der Waals surface area (Å²) in [5, 5.41) is 0. The molecule has 0 spiro atoms. The molecule has 1 rings (SSSR count). The molecule has 162 valence electrons. The summed E-state index contributed by atoms with van der Waals surface area (Å²) in [7, 11) is 0. The largest absolute Gasteiger partial charge is 0.205 e. The van der Waals surface area contributed by atoms with Crippen molar-refractivity contribution in [1.29, 1.82) is 0 Å². The van der Waals surface area contributed by atoms with E-state index >= 15 is 0 Å². The number of nitrogens with zero attached hydrogens (tertiary/aromatic N) is 1. The first-order valence-corrected chi connectivity index (χ1v) is 12.8. The number of unbranched alkanes of at least 4 members (excludes halogenated alkanes) is 16. The van der Waals surface area contributed by atoms with Crippen LogP contribution in [0.5, 0.6) is 0 Å². The molecule has 1 heteroatoms. The summed E-state index contributed by atoms with van der Waals surface area (Å²) in [4.78, 5) is 0. The minimum absolute atomic E-state index is 1.19. The van der Waals surface area contributed by atoms with E-state index in [1.165, 1.54) is 134 Å². The molecule has 0 fully saturated rings. The van der Waals surface area contributed by atoms with Crippen LogP contribution in [0, 0.1) is 0 Å². The molecule has 1 nitrogen and oxygen atoms in total. The molecule has 0 radical (unpaired) electrons. The lowest BCUT2D eigenvalue weighted by Gasteiger charge is -2.03. The molecule has 0 aliphatic heterocycles. The molecule has 0 N–H and O–H groups in total. The molecule has 0 saturated carbocycles. The van der Waals surface area contributed by atoms with Crippen molar-refractivity contribution in [3.63, 3.8) is 0 Å². The van der Waals surface area contributed by atoms with Crippen molar-refractivity contribution in [2.75, 3.05) is 0 Å². The molecular formula is C27H50N+. The Hall–Kier alpha value is -0.850. The monoisotopic (exact) mass is 388 g/mol. The van der Waals surface area contributed by atoms with Gasteiger partial charge in [-0.1, -0.05) is 110 Å². The quantitative estimate of drug-likeness (QED) is 0.155. The van der Waals surface area contributed by atoms with Gasteiger partial charge in [0.15, 0.2) is 12.4 Å². The summed E-state index contributed by atoms with van der Waals surface area (Å²) in [6.07, 6.45) is 31.3. The molecule has 1 aromatic rings. The van der Waals surface area contributed by atoms with Gasteiger partial charge in [0.05, 0.1) is 0 Å². The Bertz CT molecular complexity index is 422. The van der Waals surface area contributed by atoms with E-state index < -0.39 is 0 Å². The van der Waals surface area contributed by atoms with Crippen LogP contribution in [0.2, 0.25) is 0 Å². The van der Waals surface area contributed by atoms with Crippen LogP contribution in [0.3, 0.4) is 0 Å². The van der Waals surface area contributed by atoms with Gasteiger partial charge in [0.1, 0.15) is 6.54 Å². The second-order valence-corrected chi connectivity index (χ2v) is 8.85. The molecule has 28 heavy (non-hydrogen) atoms. The number of aromatic nitrogens is 1. The highest BCUT2D eigenvalue weighted by molar-refractivity contribution is 5.07. The Morgan fingerprint density at radius 3 is 1.36 bits per heavy atom. The Morgan fingerprint density at radius 1 is 0.500 bits per heavy atom. The van der Waals surface area contributed by atoms with Gasteiger partial charge < -0.3 is 0 Å². The maximum atomic E-state index is 2.37. The fourth-order valence-corrected chi connectivity index (χ4v) is 4.05. The smallest absolute Gasteiger partial charge is 0.169 e. The van der Waals surface area contributed by atoms with Crippen LogP contribution in [0.1, 0.15) is 135 Å². The zero-order valence-electron chi connectivity index (χ0n) is 19.4. The Morgan fingerprint density at radius 2 is 0.893 bits per heavy atom. The summed E-state index contributed by atoms with van der Waals surface area (Å²) in [6, 6.07) is 4.69. The lowest BCUT2D eigenvalue weighted by atomic mass is 10.0. The fourth-order valence-electron chi connectivity index (χ4n) is 4.05. The zero-order chi connectivity index (χ0) is 20.1. The molecule has 1 heterocycles. The molecule has 0 bridgehead atoms. The fraction of sp³-hybridized carbons (Fsp3) is 0.815. The highest BCUT2D eigenvalue weighted by Gasteiger charge is 2.01. The van der Waals surface area contributed by atoms with Gasteiger partial charge in [0.25, 0.3) is 0 Å². The molecule has 0 amide bonds. The molecule has 0 unspecified atom stereocenters. The summed E-state index contributed by atoms with van der Waals surface area (Å²) in [6.45, 7) is 5.77. The van der Waals surface area contributed by atoms with E-state index in [-0.39, 0.29) is 0 Å². The number of hydrogen-bond acceptors (Lipinski definition) is 0. The standard InChI is InChI=1S/C27H50N/c1-3-5-7-9-11-12-13-14-15-17-19-21-27-22-25-28(26-23-27)24-20-18-16-10-8-6-4-2/h22-23,25-26H,3-21,24H2,1-2H3/q+1. The Balaban J connectivity index is 1.93. The lowest BCUT2D eigenvalue weighted by molar-refractivity contribution is -0.697. The van der Waals surface area contributed by atoms with Crippen molar-refractivity contribution in [3.05, 3.63) is 30.1 Å². The van der Waals surface area contributed by atoms with Crippen LogP contribution in [0.4, 0.5) is 0 Å². The van der Waals surface area contributed by atoms with E-state index in [0.717, 1.165) is 0 Å². The lowest BCUT2D eigenvalue weighted by Crippen LogP contribution is -2.32. The van der Waals surface area contributed by atoms with Gasteiger partial charge in [-0.3, -0.25) is 0 Å². The van der Waals surface area contributed by atoms with Crippen LogP contribution < -0.4 is 4.57 Å². The average molecular weight is 389 g/mol. The Kier molecular flexibility index (Phi) is 17.5. The summed E-state index contributed by atoms with van der Waals surface area (Å²) < 4.78 is 2.37. The normalized spacial score (nSPS) is 11.2. The maximum absolute atomic E-state index is 2.37. The topological polar surface area (TPSA) is 3.88 Å². The second kappa shape index (κ2) is 19.5. The van der Waals surface area contributed by atoms with E-state index in [9.17, 15) is 0 Å². The minimum Gasteiger partial charge on any atom is -0.205 e. The second-order valence-electron chi connectivity index (χ2n) is 8.85. The third kappa shape index (κ3) is 15.1. The average Bonchev–Trinajstić information content (AvgIpc) is 2.72. The summed E-state index contributed by atoms with van der Waals surface area (Å²) >= 11 is 0. The van der Waals surface area contributed by atoms with Crippen molar-refractivity contribution < 1.29 is 4.57 Å². The SMILES string of the molecule is CCCCCCCCCCCCCc1cc[n+](CCCCCCCCC)cc1. The predicted octanol–water partition coefficient (Wildman–Crippen LogP) is 8.58. The van der Waals surface area contributed by atoms with Gasteiger partial charge in [-0.2, -0.15) is 0 Å². The van der Waals surface area contributed by atoms with E-state index in [0.29, 0.717) is 0 Å². The Labute approximate surface area is 177 Å². The van der Waals surface area contributed by atoms with Crippen LogP contribution in [-0.4, -0.2) is 0 Å². The minimum atomic E-state index is 1.19. The van der Waals surface area contributed by atoms with Crippen LogP contribution in [-0.2, 0) is 13.0 Å². The molecule has 0 aliphatic carbocycles. The van der Waals surface area contributed by atoms with E-state index in [1.807, 2.05) is 0 Å². The van der Waals surface area contributed by atoms with Gasteiger partial charge in [0.2, 0.25) is 0 Å². The first-order chi connectivity index (χ1) is 13.9. The highest BCUT2D eigenvalue weighted by Crippen LogP contribution is 2.12. The van der Waals surface area contributed by atoms with Crippen LogP contribution in [0.25, 0.3) is 0 Å². The third-order valence-corrected chi connectivity index (χ3v) is 6.05. The van der Waals surface area contributed by atoms with Crippen LogP contribution in [0.15, 0.2) is 24.5 Å². The van der Waals surface area contributed by atoms with E-state index in [1.54, 1.807) is 0 Å². The molecule has 1 aromatic heterocycles. The van der Waals surface area contributed by atoms with Crippen molar-refractivity contribution in [2.45, 2.75) is 142 Å². The van der Waals surface area contributed by atoms with Crippen LogP contribution >= 0.6 is 0 Å². The van der Waals surface area contributed by atoms with E-state index in [4.69, 9.17) is 0 Å². The summed E-state index contributed by atoms with van der Waals surface area (Å²) in [5.74, 6) is 0.